The molecule has 0 saturated heterocycles. The van der Waals surface area contributed by atoms with Crippen LogP contribution in [-0.2, 0) is 26.2 Å². The first-order valence-electron chi connectivity index (χ1n) is 6.65. The average Bonchev–Trinajstić information content (AvgIpc) is 3.20. The van der Waals surface area contributed by atoms with Gasteiger partial charge in [-0.05, 0) is 0 Å². The third kappa shape index (κ3) is 6.12. The fraction of sp³-hybridized carbons (Fsp3) is 0. The number of hydrogen-bond donors (Lipinski definition) is 0. The number of rotatable bonds is 0. The molecule has 0 heterocycles. The molecule has 0 radical (unpaired) electrons. The molecule has 0 fully saturated rings. The minimum absolute atomic E-state index is 0. The Hall–Kier alpha value is -1.72. The Morgan fingerprint density at radius 3 is 1.35 bits per heavy atom. The van der Waals surface area contributed by atoms with Crippen LogP contribution in [0.15, 0.2) is 98.1 Å². The minimum Gasteiger partial charge on any atom is -0.358 e. The van der Waals surface area contributed by atoms with E-state index in [4.69, 9.17) is 0 Å². The van der Waals surface area contributed by atoms with E-state index in [0.717, 1.165) is 0 Å². The van der Waals surface area contributed by atoms with Crippen LogP contribution < -0.4 is 0 Å². The minimum atomic E-state index is 0. The Labute approximate surface area is 160 Å². The van der Waals surface area contributed by atoms with E-state index in [1.807, 2.05) is 30.3 Å². The monoisotopic (exact) mass is 378 g/mol. The van der Waals surface area contributed by atoms with Crippen molar-refractivity contribution in [3.8, 4) is 0 Å². The molecule has 0 amide bonds. The summed E-state index contributed by atoms with van der Waals surface area (Å²) in [6, 6.07) is 29.3. The van der Waals surface area contributed by atoms with Gasteiger partial charge in [0, 0.05) is 0 Å². The van der Waals surface area contributed by atoms with Crippen LogP contribution in [-0.4, -0.2) is 0 Å². The summed E-state index contributed by atoms with van der Waals surface area (Å²) < 4.78 is 0. The molecular weight excluding hydrogens is 355 g/mol. The van der Waals surface area contributed by atoms with E-state index in [-0.39, 0.29) is 41.1 Å². The molecular formula is C22H24Zr. The van der Waals surface area contributed by atoms with Gasteiger partial charge in [0.05, 0.1) is 0 Å². The van der Waals surface area contributed by atoms with Crippen LogP contribution in [0.25, 0.3) is 21.5 Å². The Morgan fingerprint density at radius 1 is 0.609 bits per heavy atom. The van der Waals surface area contributed by atoms with Crippen LogP contribution in [0.5, 0.6) is 0 Å². The molecule has 0 spiro atoms. The molecule has 0 atom stereocenters. The topological polar surface area (TPSA) is 0 Å². The van der Waals surface area contributed by atoms with Crippen molar-refractivity contribution < 1.29 is 26.2 Å². The van der Waals surface area contributed by atoms with Gasteiger partial charge in [0.2, 0.25) is 0 Å². The second-order valence-corrected chi connectivity index (χ2v) is 4.28. The second-order valence-electron chi connectivity index (χ2n) is 4.28. The average molecular weight is 380 g/mol. The molecule has 4 aromatic carbocycles. The van der Waals surface area contributed by atoms with E-state index in [0.29, 0.717) is 0 Å². The quantitative estimate of drug-likeness (QED) is 0.232. The maximum atomic E-state index is 3.00. The third-order valence-corrected chi connectivity index (χ3v) is 3.08. The van der Waals surface area contributed by atoms with E-state index in [9.17, 15) is 0 Å². The van der Waals surface area contributed by atoms with Crippen molar-refractivity contribution in [3.63, 3.8) is 0 Å². The van der Waals surface area contributed by atoms with Crippen molar-refractivity contribution >= 4 is 21.5 Å². The smallest absolute Gasteiger partial charge is 0.358 e. The summed E-state index contributed by atoms with van der Waals surface area (Å²) in [5.41, 5.74) is 0. The van der Waals surface area contributed by atoms with Crippen molar-refractivity contribution in [1.29, 1.82) is 0 Å². The third-order valence-electron chi connectivity index (χ3n) is 3.08. The van der Waals surface area contributed by atoms with Gasteiger partial charge in [-0.1, -0.05) is 36.4 Å². The Kier molecular flexibility index (Phi) is 13.1. The van der Waals surface area contributed by atoms with Crippen LogP contribution in [0, 0.1) is 14.9 Å². The van der Waals surface area contributed by atoms with Gasteiger partial charge in [-0.2, -0.15) is 18.2 Å². The van der Waals surface area contributed by atoms with Crippen LogP contribution in [0.4, 0.5) is 0 Å². The fourth-order valence-electron chi connectivity index (χ4n) is 2.22. The van der Waals surface area contributed by atoms with Gasteiger partial charge in [-0.15, -0.1) is 52.9 Å². The molecule has 0 aliphatic carbocycles. The van der Waals surface area contributed by atoms with Crippen molar-refractivity contribution in [2.24, 2.45) is 0 Å². The molecule has 0 aromatic heterocycles. The first-order valence-corrected chi connectivity index (χ1v) is 6.65. The molecule has 0 bridgehead atoms. The summed E-state index contributed by atoms with van der Waals surface area (Å²) in [5, 5.41) is 5.39. The number of fused-ring (bicyclic) bond motifs is 3. The number of hydrogen-bond acceptors (Lipinski definition) is 0. The standard InChI is InChI=1S/C13H9.C5H5.C2H4.2CH3.Zr/c1-3-7-12-10(5-1)9-11-6-2-4-8-13(11)12;1-2-4-5-3-1;1-2;;;/h1-9H;1-5H;1-2H2;2*1H3;/q2*-1;;2*-1;+4. The van der Waals surface area contributed by atoms with E-state index >= 15 is 0 Å². The summed E-state index contributed by atoms with van der Waals surface area (Å²) in [6.45, 7) is 6.00. The van der Waals surface area contributed by atoms with Crippen molar-refractivity contribution in [2.45, 2.75) is 0 Å². The molecule has 0 unspecified atom stereocenters. The normalized spacial score (nSPS) is 8.17. The van der Waals surface area contributed by atoms with Gasteiger partial charge in [-0.25, -0.2) is 12.1 Å². The van der Waals surface area contributed by atoms with Crippen molar-refractivity contribution in [3.05, 3.63) is 113 Å². The molecule has 0 saturated carbocycles. The van der Waals surface area contributed by atoms with Crippen molar-refractivity contribution in [2.75, 3.05) is 0 Å². The van der Waals surface area contributed by atoms with Gasteiger partial charge < -0.3 is 14.9 Å². The summed E-state index contributed by atoms with van der Waals surface area (Å²) >= 11 is 0. The molecule has 1 heteroatoms. The molecule has 116 valence electrons. The van der Waals surface area contributed by atoms with Crippen LogP contribution >= 0.6 is 0 Å². The largest absolute Gasteiger partial charge is 4.00 e. The van der Waals surface area contributed by atoms with Crippen molar-refractivity contribution in [1.82, 2.24) is 0 Å². The summed E-state index contributed by atoms with van der Waals surface area (Å²) in [5.74, 6) is 0. The zero-order valence-electron chi connectivity index (χ0n) is 14.0. The van der Waals surface area contributed by atoms with E-state index in [1.54, 1.807) is 0 Å². The molecule has 0 aliphatic heterocycles. The van der Waals surface area contributed by atoms with Gasteiger partial charge >= 0.3 is 26.2 Å². The van der Waals surface area contributed by atoms with Crippen LogP contribution in [0.3, 0.4) is 0 Å². The Balaban J connectivity index is 0. The zero-order chi connectivity index (χ0) is 14.2. The van der Waals surface area contributed by atoms with Gasteiger partial charge in [0.1, 0.15) is 0 Å². The summed E-state index contributed by atoms with van der Waals surface area (Å²) in [7, 11) is 0. The maximum absolute atomic E-state index is 3.00. The first-order chi connectivity index (χ1) is 9.95. The fourth-order valence-corrected chi connectivity index (χ4v) is 2.22. The van der Waals surface area contributed by atoms with E-state index in [1.165, 1.54) is 21.5 Å². The molecule has 4 aromatic rings. The van der Waals surface area contributed by atoms with E-state index in [2.05, 4.69) is 67.8 Å². The molecule has 4 rings (SSSR count). The molecule has 0 aliphatic rings. The molecule has 23 heavy (non-hydrogen) atoms. The van der Waals surface area contributed by atoms with Crippen LogP contribution in [0.2, 0.25) is 0 Å². The van der Waals surface area contributed by atoms with Gasteiger partial charge in [0.15, 0.2) is 0 Å². The second kappa shape index (κ2) is 12.8. The Morgan fingerprint density at radius 2 is 1.00 bits per heavy atom. The first kappa shape index (κ1) is 23.5. The summed E-state index contributed by atoms with van der Waals surface area (Å²) in [6.07, 6.45) is 0. The van der Waals surface area contributed by atoms with Gasteiger partial charge in [-0.3, -0.25) is 0 Å². The number of benzene rings is 2. The molecule has 0 N–H and O–H groups in total. The van der Waals surface area contributed by atoms with Gasteiger partial charge in [0.25, 0.3) is 0 Å². The van der Waals surface area contributed by atoms with E-state index < -0.39 is 0 Å². The summed E-state index contributed by atoms with van der Waals surface area (Å²) in [4.78, 5) is 0. The predicted octanol–water partition coefficient (Wildman–Crippen LogP) is 6.82. The Bertz CT molecular complexity index is 680. The maximum Gasteiger partial charge on any atom is 4.00 e. The zero-order valence-corrected chi connectivity index (χ0v) is 16.5. The predicted molar refractivity (Wildman–Crippen MR) is 103 cm³/mol. The van der Waals surface area contributed by atoms with Crippen LogP contribution in [0.1, 0.15) is 0 Å². The molecule has 0 nitrogen and oxygen atoms in total. The SMILES string of the molecule is C=C.[CH3-].[CH3-].[Zr+4].c1cc[cH-]c1.c1ccc2c(c1)[cH-]c1ccccc12.